The van der Waals surface area contributed by atoms with Crippen LogP contribution in [-0.2, 0) is 16.4 Å². The highest BCUT2D eigenvalue weighted by molar-refractivity contribution is 7.88. The van der Waals surface area contributed by atoms with E-state index in [1.165, 1.54) is 17.4 Å². The van der Waals surface area contributed by atoms with Gasteiger partial charge in [0.15, 0.2) is 0 Å². The zero-order chi connectivity index (χ0) is 19.2. The highest BCUT2D eigenvalue weighted by Crippen LogP contribution is 2.46. The largest absolute Gasteiger partial charge is 0.493 e. The average molecular weight is 429 g/mol. The molecule has 3 aliphatic heterocycles. The second-order valence-electron chi connectivity index (χ2n) is 8.87. The minimum absolute atomic E-state index is 0. The second kappa shape index (κ2) is 8.50. The van der Waals surface area contributed by atoms with Gasteiger partial charge in [0.25, 0.3) is 0 Å². The van der Waals surface area contributed by atoms with Crippen molar-refractivity contribution >= 4 is 22.4 Å². The smallest absolute Gasteiger partial charge is 0.211 e. The maximum absolute atomic E-state index is 12.4. The van der Waals surface area contributed by atoms with E-state index in [-0.39, 0.29) is 24.5 Å². The summed E-state index contributed by atoms with van der Waals surface area (Å²) < 4.78 is 32.7. The molecule has 3 atom stereocenters. The van der Waals surface area contributed by atoms with E-state index in [4.69, 9.17) is 4.74 Å². The molecule has 7 heteroatoms. The average Bonchev–Trinajstić information content (AvgIpc) is 2.63. The molecular formula is C21H33ClN2O3S. The highest BCUT2D eigenvalue weighted by Gasteiger charge is 2.45. The zero-order valence-corrected chi connectivity index (χ0v) is 18.8. The third kappa shape index (κ3) is 4.20. The fourth-order valence-corrected chi connectivity index (χ4v) is 6.43. The van der Waals surface area contributed by atoms with E-state index in [0.717, 1.165) is 44.5 Å². The summed E-state index contributed by atoms with van der Waals surface area (Å²) >= 11 is 0. The number of benzene rings is 1. The molecule has 0 saturated carbocycles. The van der Waals surface area contributed by atoms with Crippen molar-refractivity contribution in [3.05, 3.63) is 29.3 Å². The normalized spacial score (nSPS) is 28.1. The number of hydrogen-bond acceptors (Lipinski definition) is 4. The molecule has 0 radical (unpaired) electrons. The van der Waals surface area contributed by atoms with Gasteiger partial charge in [-0.05, 0) is 49.1 Å². The van der Waals surface area contributed by atoms with Crippen LogP contribution in [0.3, 0.4) is 0 Å². The van der Waals surface area contributed by atoms with Gasteiger partial charge in [-0.25, -0.2) is 8.42 Å². The van der Waals surface area contributed by atoms with Gasteiger partial charge in [-0.15, -0.1) is 12.4 Å². The maximum atomic E-state index is 12.4. The number of hydrogen-bond donors (Lipinski definition) is 0. The first-order valence-corrected chi connectivity index (χ1v) is 12.1. The number of sulfonamides is 1. The lowest BCUT2D eigenvalue weighted by atomic mass is 9.77. The van der Waals surface area contributed by atoms with Crippen LogP contribution < -0.4 is 4.74 Å². The van der Waals surface area contributed by atoms with Crippen LogP contribution in [-0.4, -0.2) is 56.2 Å². The summed E-state index contributed by atoms with van der Waals surface area (Å²) in [4.78, 5) is 2.58. The van der Waals surface area contributed by atoms with Gasteiger partial charge in [-0.3, -0.25) is 4.90 Å². The molecule has 5 nitrogen and oxygen atoms in total. The van der Waals surface area contributed by atoms with Gasteiger partial charge in [0.1, 0.15) is 5.75 Å². The first-order chi connectivity index (χ1) is 12.8. The summed E-state index contributed by atoms with van der Waals surface area (Å²) in [5.74, 6) is 1.93. The van der Waals surface area contributed by atoms with Gasteiger partial charge in [0, 0.05) is 37.3 Å². The van der Waals surface area contributed by atoms with Crippen molar-refractivity contribution in [3.8, 4) is 5.75 Å². The molecule has 1 aromatic carbocycles. The van der Waals surface area contributed by atoms with Crippen molar-refractivity contribution in [2.24, 2.45) is 11.8 Å². The van der Waals surface area contributed by atoms with Crippen molar-refractivity contribution in [1.29, 1.82) is 0 Å². The lowest BCUT2D eigenvalue weighted by molar-refractivity contribution is 0.0209. The highest BCUT2D eigenvalue weighted by atomic mass is 35.5. The molecule has 158 valence electrons. The van der Waals surface area contributed by atoms with Crippen molar-refractivity contribution in [2.45, 2.75) is 51.6 Å². The molecule has 0 aromatic heterocycles. The predicted octanol–water partition coefficient (Wildman–Crippen LogP) is 3.49. The van der Waals surface area contributed by atoms with Crippen LogP contribution in [0.4, 0.5) is 0 Å². The number of piperidine rings is 2. The van der Waals surface area contributed by atoms with E-state index in [0.29, 0.717) is 25.0 Å². The molecule has 4 rings (SSSR count). The van der Waals surface area contributed by atoms with Crippen molar-refractivity contribution in [1.82, 2.24) is 9.21 Å². The maximum Gasteiger partial charge on any atom is 0.211 e. The molecule has 3 aliphatic rings. The number of halogens is 1. The fourth-order valence-electron chi connectivity index (χ4n) is 5.22. The summed E-state index contributed by atoms with van der Waals surface area (Å²) in [6, 6.07) is 6.79. The van der Waals surface area contributed by atoms with Crippen LogP contribution in [0.25, 0.3) is 0 Å². The molecular weight excluding hydrogens is 396 g/mol. The van der Waals surface area contributed by atoms with Crippen LogP contribution in [0, 0.1) is 11.8 Å². The molecule has 0 N–H and O–H groups in total. The Kier molecular flexibility index (Phi) is 6.64. The molecule has 3 heterocycles. The zero-order valence-electron chi connectivity index (χ0n) is 17.1. The van der Waals surface area contributed by atoms with E-state index >= 15 is 0 Å². The van der Waals surface area contributed by atoms with Crippen molar-refractivity contribution in [2.75, 3.05) is 32.5 Å². The van der Waals surface area contributed by atoms with Gasteiger partial charge in [-0.2, -0.15) is 4.31 Å². The standard InChI is InChI=1S/C21H32N2O3S.ClH/c1-15(2)14-26-20-8-4-6-16-9-11-22-13-17-7-5-10-23(27(3,24)25)18(17)12-19(22)21(16)20;/h4,6,8,15,17-19H,5,7,9-14H2,1-3H3;1H/t17-,18+,19+;/m1./s1. The predicted molar refractivity (Wildman–Crippen MR) is 115 cm³/mol. The Hall–Kier alpha value is -0.820. The summed E-state index contributed by atoms with van der Waals surface area (Å²) in [7, 11) is -3.16. The molecule has 0 aliphatic carbocycles. The summed E-state index contributed by atoms with van der Waals surface area (Å²) in [6.07, 6.45) is 5.42. The molecule has 0 amide bonds. The van der Waals surface area contributed by atoms with Crippen molar-refractivity contribution < 1.29 is 13.2 Å². The number of nitrogens with zero attached hydrogens (tertiary/aromatic N) is 2. The monoisotopic (exact) mass is 428 g/mol. The summed E-state index contributed by atoms with van der Waals surface area (Å²) in [6.45, 7) is 7.78. The minimum Gasteiger partial charge on any atom is -0.493 e. The van der Waals surface area contributed by atoms with Gasteiger partial charge in [0.05, 0.1) is 12.9 Å². The van der Waals surface area contributed by atoms with Crippen molar-refractivity contribution in [3.63, 3.8) is 0 Å². The SMILES string of the molecule is CC(C)COc1cccc2c1[C@@H]1C[C@H]3[C@H](CCCN3S(C)(=O)=O)CN1CC2.Cl. The fraction of sp³-hybridized carbons (Fsp3) is 0.714. The van der Waals surface area contributed by atoms with E-state index in [1.54, 1.807) is 4.31 Å². The van der Waals surface area contributed by atoms with Crippen LogP contribution in [0.2, 0.25) is 0 Å². The van der Waals surface area contributed by atoms with Gasteiger partial charge in [-0.1, -0.05) is 26.0 Å². The van der Waals surface area contributed by atoms with E-state index < -0.39 is 10.0 Å². The number of fused-ring (bicyclic) bond motifs is 4. The van der Waals surface area contributed by atoms with Crippen LogP contribution in [0.1, 0.15) is 50.3 Å². The number of ether oxygens (including phenoxy) is 1. The first kappa shape index (κ1) is 21.9. The summed E-state index contributed by atoms with van der Waals surface area (Å²) in [5.41, 5.74) is 2.68. The first-order valence-electron chi connectivity index (χ1n) is 10.3. The minimum atomic E-state index is -3.16. The van der Waals surface area contributed by atoms with E-state index in [1.807, 2.05) is 0 Å². The molecule has 2 fully saturated rings. The van der Waals surface area contributed by atoms with Gasteiger partial charge >= 0.3 is 0 Å². The quantitative estimate of drug-likeness (QED) is 0.736. The molecule has 28 heavy (non-hydrogen) atoms. The lowest BCUT2D eigenvalue weighted by Gasteiger charge is -2.51. The topological polar surface area (TPSA) is 49.9 Å². The van der Waals surface area contributed by atoms with E-state index in [2.05, 4.69) is 36.9 Å². The Labute approximate surface area is 175 Å². The lowest BCUT2D eigenvalue weighted by Crippen LogP contribution is -2.57. The Bertz CT molecular complexity index is 799. The third-order valence-corrected chi connectivity index (χ3v) is 7.70. The van der Waals surface area contributed by atoms with Gasteiger partial charge in [0.2, 0.25) is 10.0 Å². The molecule has 0 bridgehead atoms. The Morgan fingerprint density at radius 3 is 2.75 bits per heavy atom. The Balaban J connectivity index is 0.00000225. The Morgan fingerprint density at radius 2 is 2.04 bits per heavy atom. The molecule has 1 aromatic rings. The van der Waals surface area contributed by atoms with Crippen LogP contribution in [0.5, 0.6) is 5.75 Å². The third-order valence-electron chi connectivity index (χ3n) is 6.40. The van der Waals surface area contributed by atoms with E-state index in [9.17, 15) is 8.42 Å². The second-order valence-corrected chi connectivity index (χ2v) is 10.8. The van der Waals surface area contributed by atoms with Crippen LogP contribution >= 0.6 is 12.4 Å². The van der Waals surface area contributed by atoms with Gasteiger partial charge < -0.3 is 4.74 Å². The van der Waals surface area contributed by atoms with Crippen LogP contribution in [0.15, 0.2) is 18.2 Å². The Morgan fingerprint density at radius 1 is 1.25 bits per heavy atom. The number of rotatable bonds is 4. The molecule has 0 unspecified atom stereocenters. The molecule has 2 saturated heterocycles. The molecule has 0 spiro atoms. The summed E-state index contributed by atoms with van der Waals surface area (Å²) in [5, 5.41) is 0.